The Hall–Kier alpha value is -4.94. The van der Waals surface area contributed by atoms with E-state index in [0.717, 1.165) is 47.7 Å². The predicted octanol–water partition coefficient (Wildman–Crippen LogP) is 6.13. The molecule has 0 spiro atoms. The van der Waals surface area contributed by atoms with Crippen LogP contribution in [0.4, 0.5) is 17.1 Å². The zero-order valence-electron chi connectivity index (χ0n) is 29.1. The highest BCUT2D eigenvalue weighted by Gasteiger charge is 2.34. The van der Waals surface area contributed by atoms with Crippen LogP contribution in [0.2, 0.25) is 0 Å². The van der Waals surface area contributed by atoms with Crippen molar-refractivity contribution in [3.05, 3.63) is 113 Å². The molecule has 0 saturated carbocycles. The number of hydrogen-bond acceptors (Lipinski definition) is 9. The summed E-state index contributed by atoms with van der Waals surface area (Å²) in [4.78, 5) is 27.7. The number of benzene rings is 4. The van der Waals surface area contributed by atoms with Crippen LogP contribution in [-0.4, -0.2) is 55.2 Å². The second-order valence-corrected chi connectivity index (χ2v) is 13.0. The molecule has 6 rings (SSSR count). The second kappa shape index (κ2) is 16.8. The highest BCUT2D eigenvalue weighted by atomic mass is 16.7. The molecule has 3 unspecified atom stereocenters. The molecule has 268 valence electrons. The van der Waals surface area contributed by atoms with Crippen molar-refractivity contribution in [2.24, 2.45) is 0 Å². The maximum Gasteiger partial charge on any atom is 0.224 e. The minimum Gasteiger partial charge on any atom is -0.493 e. The highest BCUT2D eigenvalue weighted by Crippen LogP contribution is 2.40. The Kier molecular flexibility index (Phi) is 11.8. The van der Waals surface area contributed by atoms with E-state index in [-0.39, 0.29) is 43.5 Å². The van der Waals surface area contributed by atoms with Gasteiger partial charge < -0.3 is 40.4 Å². The summed E-state index contributed by atoms with van der Waals surface area (Å²) in [6.07, 6.45) is 1.27. The quantitative estimate of drug-likeness (QED) is 0.122. The topological polar surface area (TPSA) is 145 Å². The van der Waals surface area contributed by atoms with Crippen LogP contribution in [0.25, 0.3) is 0 Å². The number of para-hydroxylation sites is 2. The van der Waals surface area contributed by atoms with Gasteiger partial charge in [-0.25, -0.2) is 0 Å². The molecule has 1 saturated heterocycles. The third-order valence-electron chi connectivity index (χ3n) is 9.36. The number of carbonyl (C=O) groups is 2. The van der Waals surface area contributed by atoms with Crippen LogP contribution >= 0.6 is 0 Å². The van der Waals surface area contributed by atoms with Gasteiger partial charge in [0.05, 0.1) is 44.4 Å². The van der Waals surface area contributed by atoms with Crippen molar-refractivity contribution in [2.75, 3.05) is 43.7 Å². The number of nitrogens with two attached hydrogens (primary N) is 1. The van der Waals surface area contributed by atoms with Gasteiger partial charge in [0.25, 0.3) is 0 Å². The Morgan fingerprint density at radius 2 is 1.59 bits per heavy atom. The van der Waals surface area contributed by atoms with E-state index in [2.05, 4.69) is 27.7 Å². The van der Waals surface area contributed by atoms with Crippen LogP contribution in [0.5, 0.6) is 11.5 Å². The first-order valence-corrected chi connectivity index (χ1v) is 17.3. The molecule has 2 aliphatic heterocycles. The van der Waals surface area contributed by atoms with Gasteiger partial charge in [-0.1, -0.05) is 48.5 Å². The summed E-state index contributed by atoms with van der Waals surface area (Å²) in [7, 11) is 3.31. The number of nitrogens with one attached hydrogen (secondary N) is 2. The van der Waals surface area contributed by atoms with E-state index in [1.807, 2.05) is 48.5 Å². The lowest BCUT2D eigenvalue weighted by molar-refractivity contribution is -0.253. The molecule has 3 atom stereocenters. The number of anilines is 3. The first-order valence-electron chi connectivity index (χ1n) is 17.3. The molecule has 11 nitrogen and oxygen atoms in total. The van der Waals surface area contributed by atoms with E-state index in [4.69, 9.17) is 24.7 Å². The Bertz CT molecular complexity index is 1820. The lowest BCUT2D eigenvalue weighted by Gasteiger charge is -2.39. The molecule has 5 N–H and O–H groups in total. The molecule has 4 aromatic carbocycles. The number of ether oxygens (including phenoxy) is 4. The lowest BCUT2D eigenvalue weighted by atomic mass is 9.97. The number of carbonyl (C=O) groups excluding carboxylic acids is 2. The average Bonchev–Trinajstić information content (AvgIpc) is 3.15. The largest absolute Gasteiger partial charge is 0.493 e. The maximum atomic E-state index is 12.9. The number of hydrogen-bond donors (Lipinski definition) is 4. The Morgan fingerprint density at radius 3 is 2.31 bits per heavy atom. The normalized spacial score (nSPS) is 18.8. The van der Waals surface area contributed by atoms with Crippen LogP contribution in [-0.2, 0) is 38.6 Å². The van der Waals surface area contributed by atoms with E-state index in [9.17, 15) is 14.7 Å². The Labute approximate surface area is 298 Å². The summed E-state index contributed by atoms with van der Waals surface area (Å²) < 4.78 is 24.3. The van der Waals surface area contributed by atoms with Crippen LogP contribution in [0.15, 0.2) is 84.9 Å². The molecule has 2 heterocycles. The highest BCUT2D eigenvalue weighted by molar-refractivity contribution is 5.94. The van der Waals surface area contributed by atoms with Crippen molar-refractivity contribution >= 4 is 28.9 Å². The fourth-order valence-corrected chi connectivity index (χ4v) is 6.64. The fraction of sp³-hybridized carbons (Fsp3) is 0.350. The lowest BCUT2D eigenvalue weighted by Crippen LogP contribution is -2.41. The second-order valence-electron chi connectivity index (χ2n) is 13.0. The van der Waals surface area contributed by atoms with E-state index < -0.39 is 6.29 Å². The molecular formula is C40H46N4O7. The third-order valence-corrected chi connectivity index (χ3v) is 9.36. The van der Waals surface area contributed by atoms with E-state index in [1.165, 1.54) is 11.1 Å². The van der Waals surface area contributed by atoms with Crippen molar-refractivity contribution in [2.45, 2.75) is 63.8 Å². The smallest absolute Gasteiger partial charge is 0.224 e. The molecule has 11 heteroatoms. The molecule has 2 amide bonds. The van der Waals surface area contributed by atoms with Crippen LogP contribution < -0.4 is 25.8 Å². The maximum absolute atomic E-state index is 12.9. The van der Waals surface area contributed by atoms with Crippen molar-refractivity contribution in [3.63, 3.8) is 0 Å². The Morgan fingerprint density at radius 1 is 0.863 bits per heavy atom. The van der Waals surface area contributed by atoms with Crippen LogP contribution in [0.3, 0.4) is 0 Å². The van der Waals surface area contributed by atoms with Crippen molar-refractivity contribution in [3.8, 4) is 11.5 Å². The van der Waals surface area contributed by atoms with Gasteiger partial charge in [-0.3, -0.25) is 14.5 Å². The van der Waals surface area contributed by atoms with Gasteiger partial charge in [-0.15, -0.1) is 0 Å². The number of fused-ring (bicyclic) bond motifs is 1. The van der Waals surface area contributed by atoms with Crippen LogP contribution in [0, 0.1) is 0 Å². The van der Waals surface area contributed by atoms with Crippen LogP contribution in [0.1, 0.15) is 65.9 Å². The number of aliphatic hydroxyl groups excluding tert-OH is 1. The molecule has 0 radical (unpaired) electrons. The van der Waals surface area contributed by atoms with Crippen molar-refractivity contribution in [1.29, 1.82) is 0 Å². The first-order chi connectivity index (χ1) is 24.8. The number of nitrogens with zero attached hydrogens (tertiary/aromatic N) is 1. The molecule has 51 heavy (non-hydrogen) atoms. The zero-order chi connectivity index (χ0) is 35.7. The van der Waals surface area contributed by atoms with Gasteiger partial charge in [0.1, 0.15) is 0 Å². The third kappa shape index (κ3) is 9.25. The van der Waals surface area contributed by atoms with Gasteiger partial charge in [0.15, 0.2) is 17.8 Å². The summed E-state index contributed by atoms with van der Waals surface area (Å²) in [5, 5.41) is 15.3. The average molecular weight is 695 g/mol. The number of nitrogen functional groups attached to an aromatic ring is 1. The summed E-state index contributed by atoms with van der Waals surface area (Å²) in [6.45, 7) is 2.33. The summed E-state index contributed by atoms with van der Waals surface area (Å²) >= 11 is 0. The Balaban J connectivity index is 1.11. The molecular weight excluding hydrogens is 648 g/mol. The molecule has 0 aliphatic carbocycles. The van der Waals surface area contributed by atoms with Gasteiger partial charge >= 0.3 is 0 Å². The molecule has 1 fully saturated rings. The van der Waals surface area contributed by atoms with Crippen molar-refractivity contribution < 1.29 is 33.6 Å². The van der Waals surface area contributed by atoms with E-state index in [0.29, 0.717) is 36.4 Å². The number of rotatable bonds is 13. The number of amides is 2. The van der Waals surface area contributed by atoms with Crippen molar-refractivity contribution in [1.82, 2.24) is 4.90 Å². The minimum absolute atomic E-state index is 0.0260. The van der Waals surface area contributed by atoms with E-state index in [1.54, 1.807) is 38.5 Å². The standard InChI is InChI=1S/C40H46N4O7/c1-48-36-20-28-17-18-44(23-30(28)21-37(36)49-2)24-32-22-35(27-15-13-26(25-45)14-16-27)51-40(50-32)29-7-5-8-31(19-29)42-38(46)11-6-12-39(47)43-34-10-4-3-9-33(34)41/h3-5,7-10,13-16,19-21,32,35,40,45H,6,11-12,17-18,22-25,41H2,1-2H3,(H,42,46)(H,43,47). The van der Waals surface area contributed by atoms with Gasteiger partial charge in [-0.05, 0) is 71.5 Å². The van der Waals surface area contributed by atoms with Gasteiger partial charge in [0, 0.05) is 50.1 Å². The predicted molar refractivity (Wildman–Crippen MR) is 195 cm³/mol. The summed E-state index contributed by atoms with van der Waals surface area (Å²) in [6, 6.07) is 26.5. The molecule has 0 aromatic heterocycles. The molecule has 2 aliphatic rings. The number of methoxy groups -OCH3 is 2. The van der Waals surface area contributed by atoms with Gasteiger partial charge in [-0.2, -0.15) is 0 Å². The molecule has 0 bridgehead atoms. The first kappa shape index (κ1) is 35.9. The minimum atomic E-state index is -0.668. The zero-order valence-corrected chi connectivity index (χ0v) is 29.1. The van der Waals surface area contributed by atoms with E-state index >= 15 is 0 Å². The fourth-order valence-electron chi connectivity index (χ4n) is 6.64. The number of aliphatic hydroxyl groups is 1. The van der Waals surface area contributed by atoms with Gasteiger partial charge in [0.2, 0.25) is 11.8 Å². The molecule has 4 aromatic rings. The summed E-state index contributed by atoms with van der Waals surface area (Å²) in [5.41, 5.74) is 12.7. The SMILES string of the molecule is COc1cc2c(cc1OC)CN(CC1CC(c3ccc(CO)cc3)OC(c3cccc(NC(=O)CCCC(=O)Nc4ccccc4N)c3)O1)CC2. The summed E-state index contributed by atoms with van der Waals surface area (Å²) in [5.74, 6) is 1.08. The monoisotopic (exact) mass is 694 g/mol.